The maximum Gasteiger partial charge on any atom is 0.416 e. The first-order valence-electron chi connectivity index (χ1n) is 10.4. The number of hydrogen-bond acceptors (Lipinski definition) is 5. The molecular formula is C21H27F6N3O3. The van der Waals surface area contributed by atoms with Gasteiger partial charge in [-0.2, -0.15) is 26.3 Å². The van der Waals surface area contributed by atoms with E-state index in [2.05, 4.69) is 10.6 Å². The molecule has 2 rings (SSSR count). The molecule has 1 aromatic rings. The Kier molecular flexibility index (Phi) is 8.88. The van der Waals surface area contributed by atoms with Crippen molar-refractivity contribution in [1.29, 1.82) is 5.41 Å². The Labute approximate surface area is 186 Å². The summed E-state index contributed by atoms with van der Waals surface area (Å²) in [5.41, 5.74) is -1.76. The molecule has 1 aromatic carbocycles. The van der Waals surface area contributed by atoms with Gasteiger partial charge in [-0.25, -0.2) is 0 Å². The Hall–Kier alpha value is -2.18. The molecule has 1 aliphatic rings. The minimum absolute atomic E-state index is 0.0761. The van der Waals surface area contributed by atoms with Crippen molar-refractivity contribution in [3.05, 3.63) is 35.4 Å². The zero-order valence-corrected chi connectivity index (χ0v) is 17.8. The van der Waals surface area contributed by atoms with E-state index < -0.39 is 60.2 Å². The number of carbonyl (C=O) groups is 1. The van der Waals surface area contributed by atoms with E-state index in [-0.39, 0.29) is 11.6 Å². The van der Waals surface area contributed by atoms with Crippen LogP contribution in [0.1, 0.15) is 49.8 Å². The number of alkyl halides is 6. The van der Waals surface area contributed by atoms with Crippen LogP contribution in [0.25, 0.3) is 0 Å². The van der Waals surface area contributed by atoms with Crippen molar-refractivity contribution < 1.29 is 41.4 Å². The van der Waals surface area contributed by atoms with Crippen LogP contribution in [-0.2, 0) is 11.0 Å². The monoisotopic (exact) mass is 483 g/mol. The number of carbonyl (C=O) groups excluding carboxylic acids is 1. The molecule has 3 unspecified atom stereocenters. The summed E-state index contributed by atoms with van der Waals surface area (Å²) in [6, 6.07) is 0.988. The van der Waals surface area contributed by atoms with Crippen molar-refractivity contribution in [1.82, 2.24) is 10.6 Å². The van der Waals surface area contributed by atoms with Gasteiger partial charge in [-0.05, 0) is 50.3 Å². The molecule has 3 atom stereocenters. The number of aliphatic hydroxyl groups excluding tert-OH is 2. The molecule has 186 valence electrons. The van der Waals surface area contributed by atoms with Crippen LogP contribution >= 0.6 is 0 Å². The van der Waals surface area contributed by atoms with Crippen LogP contribution in [0.3, 0.4) is 0 Å². The SMILES string of the molecule is CC(NCC(C(=N)C(=O)NC1CCC(O)CC1)C(O)c1ccc(C(F)(F)F)cc1)C(F)(F)F. The minimum atomic E-state index is -4.62. The van der Waals surface area contributed by atoms with Gasteiger partial charge in [0.25, 0.3) is 5.91 Å². The molecule has 0 saturated heterocycles. The lowest BCUT2D eigenvalue weighted by Gasteiger charge is -2.29. The highest BCUT2D eigenvalue weighted by Gasteiger charge is 2.38. The predicted molar refractivity (Wildman–Crippen MR) is 108 cm³/mol. The zero-order valence-electron chi connectivity index (χ0n) is 17.8. The lowest BCUT2D eigenvalue weighted by atomic mass is 9.89. The van der Waals surface area contributed by atoms with Crippen LogP contribution in [0.4, 0.5) is 26.3 Å². The van der Waals surface area contributed by atoms with E-state index in [0.717, 1.165) is 19.1 Å². The van der Waals surface area contributed by atoms with Gasteiger partial charge in [0.05, 0.1) is 17.8 Å². The summed E-state index contributed by atoms with van der Waals surface area (Å²) in [7, 11) is 0. The van der Waals surface area contributed by atoms with E-state index in [4.69, 9.17) is 5.41 Å². The van der Waals surface area contributed by atoms with Gasteiger partial charge >= 0.3 is 12.4 Å². The summed E-state index contributed by atoms with van der Waals surface area (Å²) >= 11 is 0. The molecule has 1 saturated carbocycles. The lowest BCUT2D eigenvalue weighted by molar-refractivity contribution is -0.152. The quantitative estimate of drug-likeness (QED) is 0.289. The molecule has 5 N–H and O–H groups in total. The van der Waals surface area contributed by atoms with E-state index in [1.54, 1.807) is 0 Å². The van der Waals surface area contributed by atoms with Crippen molar-refractivity contribution in [2.45, 2.75) is 69.3 Å². The summed E-state index contributed by atoms with van der Waals surface area (Å²) in [6.07, 6.45) is -9.62. The largest absolute Gasteiger partial charge is 0.416 e. The maximum atomic E-state index is 12.9. The standard InChI is InChI=1S/C21H27F6N3O3/c1-11(20(22,23)24)29-10-16(17(28)19(33)30-14-6-8-15(31)9-7-14)18(32)12-2-4-13(5-3-12)21(25,26)27/h2-5,11,14-16,18,28-29,31-32H,6-10H2,1H3,(H,30,33). The third-order valence-electron chi connectivity index (χ3n) is 5.74. The van der Waals surface area contributed by atoms with Gasteiger partial charge in [0.1, 0.15) is 11.8 Å². The molecule has 0 aromatic heterocycles. The number of hydrogen-bond donors (Lipinski definition) is 5. The van der Waals surface area contributed by atoms with Crippen molar-refractivity contribution >= 4 is 11.6 Å². The second kappa shape index (κ2) is 10.8. The fraction of sp³-hybridized carbons (Fsp3) is 0.619. The summed E-state index contributed by atoms with van der Waals surface area (Å²) in [5, 5.41) is 33.2. The van der Waals surface area contributed by atoms with E-state index in [1.165, 1.54) is 0 Å². The van der Waals surface area contributed by atoms with Crippen LogP contribution in [0, 0.1) is 11.3 Å². The molecule has 33 heavy (non-hydrogen) atoms. The summed E-state index contributed by atoms with van der Waals surface area (Å²) in [6.45, 7) is 0.219. The molecule has 6 nitrogen and oxygen atoms in total. The number of nitrogens with one attached hydrogen (secondary N) is 3. The second-order valence-electron chi connectivity index (χ2n) is 8.24. The maximum absolute atomic E-state index is 12.9. The van der Waals surface area contributed by atoms with E-state index in [9.17, 15) is 41.4 Å². The van der Waals surface area contributed by atoms with Gasteiger partial charge in [-0.3, -0.25) is 10.2 Å². The predicted octanol–water partition coefficient (Wildman–Crippen LogP) is 3.33. The highest BCUT2D eigenvalue weighted by Crippen LogP contribution is 2.31. The molecule has 0 spiro atoms. The molecule has 1 fully saturated rings. The average Bonchev–Trinajstić information content (AvgIpc) is 2.73. The molecule has 0 heterocycles. The smallest absolute Gasteiger partial charge is 0.393 e. The van der Waals surface area contributed by atoms with Gasteiger partial charge in [-0.1, -0.05) is 12.1 Å². The van der Waals surface area contributed by atoms with Crippen LogP contribution in [0.5, 0.6) is 0 Å². The summed E-state index contributed by atoms with van der Waals surface area (Å²) < 4.78 is 77.1. The van der Waals surface area contributed by atoms with Crippen molar-refractivity contribution in [3.63, 3.8) is 0 Å². The normalized spacial score (nSPS) is 22.3. The van der Waals surface area contributed by atoms with E-state index in [1.807, 2.05) is 0 Å². The molecule has 12 heteroatoms. The van der Waals surface area contributed by atoms with Gasteiger partial charge in [0.15, 0.2) is 0 Å². The summed E-state index contributed by atoms with van der Waals surface area (Å²) in [4.78, 5) is 12.6. The van der Waals surface area contributed by atoms with Crippen LogP contribution < -0.4 is 10.6 Å². The van der Waals surface area contributed by atoms with Crippen molar-refractivity contribution in [3.8, 4) is 0 Å². The third kappa shape index (κ3) is 7.68. The highest BCUT2D eigenvalue weighted by molar-refractivity contribution is 6.38. The minimum Gasteiger partial charge on any atom is -0.393 e. The first-order chi connectivity index (χ1) is 15.2. The molecule has 1 amide bonds. The number of aliphatic hydroxyl groups is 2. The molecule has 0 aliphatic heterocycles. The van der Waals surface area contributed by atoms with Crippen LogP contribution in [-0.4, -0.2) is 52.7 Å². The molecule has 1 aliphatic carbocycles. The van der Waals surface area contributed by atoms with Gasteiger partial charge in [-0.15, -0.1) is 0 Å². The Morgan fingerprint density at radius 2 is 1.64 bits per heavy atom. The fourth-order valence-electron chi connectivity index (χ4n) is 3.54. The number of benzene rings is 1. The third-order valence-corrected chi connectivity index (χ3v) is 5.74. The van der Waals surface area contributed by atoms with Gasteiger partial charge in [0.2, 0.25) is 0 Å². The highest BCUT2D eigenvalue weighted by atomic mass is 19.4. The lowest BCUT2D eigenvalue weighted by Crippen LogP contribution is -2.49. The van der Waals surface area contributed by atoms with Gasteiger partial charge in [0, 0.05) is 18.5 Å². The summed E-state index contributed by atoms with van der Waals surface area (Å²) in [5.74, 6) is -2.35. The van der Waals surface area contributed by atoms with Gasteiger partial charge < -0.3 is 20.8 Å². The average molecular weight is 483 g/mol. The molecule has 0 bridgehead atoms. The Morgan fingerprint density at radius 1 is 1.09 bits per heavy atom. The molecular weight excluding hydrogens is 456 g/mol. The topological polar surface area (TPSA) is 105 Å². The zero-order chi connectivity index (χ0) is 25.0. The molecule has 0 radical (unpaired) electrons. The Balaban J connectivity index is 2.19. The van der Waals surface area contributed by atoms with E-state index in [0.29, 0.717) is 37.8 Å². The van der Waals surface area contributed by atoms with Crippen molar-refractivity contribution in [2.75, 3.05) is 6.54 Å². The van der Waals surface area contributed by atoms with Crippen LogP contribution in [0.2, 0.25) is 0 Å². The Morgan fingerprint density at radius 3 is 2.12 bits per heavy atom. The second-order valence-corrected chi connectivity index (χ2v) is 8.24. The van der Waals surface area contributed by atoms with E-state index >= 15 is 0 Å². The van der Waals surface area contributed by atoms with Crippen LogP contribution in [0.15, 0.2) is 24.3 Å². The number of amides is 1. The first kappa shape index (κ1) is 27.1. The Bertz CT molecular complexity index is 805. The van der Waals surface area contributed by atoms with Crippen molar-refractivity contribution in [2.24, 2.45) is 5.92 Å². The number of rotatable bonds is 8. The number of halogens is 6. The fourth-order valence-corrected chi connectivity index (χ4v) is 3.54. The first-order valence-corrected chi connectivity index (χ1v) is 10.4.